The van der Waals surface area contributed by atoms with Crippen molar-refractivity contribution in [3.63, 3.8) is 0 Å². The fourth-order valence-corrected chi connectivity index (χ4v) is 4.44. The second kappa shape index (κ2) is 6.12. The van der Waals surface area contributed by atoms with Crippen LogP contribution in [-0.2, 0) is 4.79 Å². The zero-order chi connectivity index (χ0) is 14.8. The molecule has 0 spiro atoms. The highest BCUT2D eigenvalue weighted by Gasteiger charge is 2.32. The Morgan fingerprint density at radius 3 is 2.57 bits per heavy atom. The molecule has 0 saturated heterocycles. The lowest BCUT2D eigenvalue weighted by molar-refractivity contribution is -0.114. The number of thioether (sulfide) groups is 2. The molecule has 0 fully saturated rings. The van der Waals surface area contributed by atoms with Gasteiger partial charge in [-0.05, 0) is 29.4 Å². The normalized spacial score (nSPS) is 18.2. The van der Waals surface area contributed by atoms with Crippen molar-refractivity contribution in [3.8, 4) is 0 Å². The van der Waals surface area contributed by atoms with Crippen LogP contribution in [0.3, 0.4) is 0 Å². The summed E-state index contributed by atoms with van der Waals surface area (Å²) in [5.41, 5.74) is 1.85. The van der Waals surface area contributed by atoms with Crippen molar-refractivity contribution in [2.24, 2.45) is 0 Å². The molecule has 5 heteroatoms. The second-order valence-corrected chi connectivity index (χ2v) is 6.95. The summed E-state index contributed by atoms with van der Waals surface area (Å²) < 4.78 is 0.804. The number of para-hydroxylation sites is 1. The van der Waals surface area contributed by atoms with Gasteiger partial charge in [0.05, 0.1) is 16.4 Å². The zero-order valence-electron chi connectivity index (χ0n) is 11.7. The fraction of sp³-hybridized carbons (Fsp3) is 0.250. The molecule has 108 valence electrons. The molecule has 0 saturated carbocycles. The number of carbonyl (C=O) groups excluding carboxylic acids is 2. The number of carbonyl (C=O) groups is 2. The van der Waals surface area contributed by atoms with E-state index in [0.717, 1.165) is 22.9 Å². The Balaban J connectivity index is 2.12. The SMILES string of the molecule is CCCN1CC(=O)C(=C2SC=CS2)C(=O)c2ccccc21. The van der Waals surface area contributed by atoms with E-state index in [0.29, 0.717) is 11.1 Å². The monoisotopic (exact) mass is 317 g/mol. The highest BCUT2D eigenvalue weighted by molar-refractivity contribution is 8.27. The van der Waals surface area contributed by atoms with E-state index >= 15 is 0 Å². The van der Waals surface area contributed by atoms with E-state index in [9.17, 15) is 9.59 Å². The summed E-state index contributed by atoms with van der Waals surface area (Å²) in [5.74, 6) is -0.226. The summed E-state index contributed by atoms with van der Waals surface area (Å²) in [4.78, 5) is 27.4. The number of anilines is 1. The van der Waals surface area contributed by atoms with Gasteiger partial charge in [0.2, 0.25) is 0 Å². The highest BCUT2D eigenvalue weighted by atomic mass is 32.2. The minimum absolute atomic E-state index is 0.0802. The maximum Gasteiger partial charge on any atom is 0.200 e. The van der Waals surface area contributed by atoms with Gasteiger partial charge in [0, 0.05) is 17.8 Å². The van der Waals surface area contributed by atoms with Crippen LogP contribution in [-0.4, -0.2) is 24.7 Å². The number of hydrogen-bond donors (Lipinski definition) is 0. The lowest BCUT2D eigenvalue weighted by atomic mass is 10.0. The first-order chi connectivity index (χ1) is 10.2. The predicted molar refractivity (Wildman–Crippen MR) is 89.6 cm³/mol. The van der Waals surface area contributed by atoms with E-state index in [-0.39, 0.29) is 18.1 Å². The predicted octanol–water partition coefficient (Wildman–Crippen LogP) is 3.83. The number of Topliss-reactive ketones (excluding diaryl/α,β-unsaturated/α-hetero) is 2. The maximum absolute atomic E-state index is 12.8. The Bertz CT molecular complexity index is 654. The average Bonchev–Trinajstić information content (AvgIpc) is 2.97. The van der Waals surface area contributed by atoms with Gasteiger partial charge in [-0.1, -0.05) is 42.6 Å². The van der Waals surface area contributed by atoms with E-state index in [4.69, 9.17) is 0 Å². The molecule has 0 amide bonds. The number of ketones is 2. The largest absolute Gasteiger partial charge is 0.363 e. The van der Waals surface area contributed by atoms with Gasteiger partial charge in [-0.3, -0.25) is 9.59 Å². The van der Waals surface area contributed by atoms with Crippen LogP contribution in [0.2, 0.25) is 0 Å². The molecule has 0 atom stereocenters. The van der Waals surface area contributed by atoms with Gasteiger partial charge in [-0.25, -0.2) is 0 Å². The van der Waals surface area contributed by atoms with Crippen molar-refractivity contribution in [2.75, 3.05) is 18.0 Å². The number of rotatable bonds is 2. The summed E-state index contributed by atoms with van der Waals surface area (Å²) in [6.07, 6.45) is 0.937. The lowest BCUT2D eigenvalue weighted by Gasteiger charge is -2.22. The molecule has 21 heavy (non-hydrogen) atoms. The van der Waals surface area contributed by atoms with Crippen molar-refractivity contribution in [2.45, 2.75) is 13.3 Å². The molecular weight excluding hydrogens is 302 g/mol. The van der Waals surface area contributed by atoms with Crippen molar-refractivity contribution >= 4 is 40.8 Å². The van der Waals surface area contributed by atoms with Crippen LogP contribution in [0.5, 0.6) is 0 Å². The third kappa shape index (κ3) is 2.68. The number of nitrogens with zero attached hydrogens (tertiary/aromatic N) is 1. The third-order valence-electron chi connectivity index (χ3n) is 3.43. The van der Waals surface area contributed by atoms with Gasteiger partial charge in [0.15, 0.2) is 11.6 Å². The third-order valence-corrected chi connectivity index (χ3v) is 5.56. The minimum atomic E-state index is -0.145. The summed E-state index contributed by atoms with van der Waals surface area (Å²) >= 11 is 2.91. The van der Waals surface area contributed by atoms with Crippen LogP contribution in [0.4, 0.5) is 5.69 Å². The molecule has 2 aliphatic heterocycles. The van der Waals surface area contributed by atoms with E-state index in [1.165, 1.54) is 23.5 Å². The first-order valence-corrected chi connectivity index (χ1v) is 8.62. The van der Waals surface area contributed by atoms with Gasteiger partial charge in [-0.2, -0.15) is 0 Å². The first-order valence-electron chi connectivity index (χ1n) is 6.87. The molecule has 0 aromatic heterocycles. The fourth-order valence-electron chi connectivity index (χ4n) is 2.54. The van der Waals surface area contributed by atoms with Gasteiger partial charge in [0.25, 0.3) is 0 Å². The summed E-state index contributed by atoms with van der Waals surface area (Å²) in [6, 6.07) is 7.51. The first kappa shape index (κ1) is 14.5. The van der Waals surface area contributed by atoms with Crippen LogP contribution in [0.15, 0.2) is 44.9 Å². The smallest absolute Gasteiger partial charge is 0.200 e. The average molecular weight is 317 g/mol. The van der Waals surface area contributed by atoms with Crippen molar-refractivity contribution in [1.82, 2.24) is 0 Å². The van der Waals surface area contributed by atoms with Crippen LogP contribution in [0.25, 0.3) is 0 Å². The maximum atomic E-state index is 12.8. The van der Waals surface area contributed by atoms with Crippen molar-refractivity contribution < 1.29 is 9.59 Å². The van der Waals surface area contributed by atoms with E-state index in [2.05, 4.69) is 6.92 Å². The van der Waals surface area contributed by atoms with Gasteiger partial charge in [0.1, 0.15) is 0 Å². The Hall–Kier alpha value is -1.46. The molecule has 3 rings (SSSR count). The molecule has 0 N–H and O–H groups in total. The minimum Gasteiger partial charge on any atom is -0.363 e. The van der Waals surface area contributed by atoms with Gasteiger partial charge < -0.3 is 4.90 Å². The Morgan fingerprint density at radius 1 is 1.14 bits per heavy atom. The van der Waals surface area contributed by atoms with E-state index in [1.807, 2.05) is 40.0 Å². The van der Waals surface area contributed by atoms with Gasteiger partial charge >= 0.3 is 0 Å². The van der Waals surface area contributed by atoms with Crippen LogP contribution in [0, 0.1) is 0 Å². The molecule has 3 nitrogen and oxygen atoms in total. The zero-order valence-corrected chi connectivity index (χ0v) is 13.3. The van der Waals surface area contributed by atoms with Crippen molar-refractivity contribution in [1.29, 1.82) is 0 Å². The quantitative estimate of drug-likeness (QED) is 0.612. The molecule has 1 aromatic rings. The molecule has 2 aliphatic rings. The van der Waals surface area contributed by atoms with E-state index < -0.39 is 0 Å². The highest BCUT2D eigenvalue weighted by Crippen LogP contribution is 2.42. The topological polar surface area (TPSA) is 37.4 Å². The summed E-state index contributed by atoms with van der Waals surface area (Å²) in [6.45, 7) is 3.12. The van der Waals surface area contributed by atoms with Gasteiger partial charge in [-0.15, -0.1) is 0 Å². The Morgan fingerprint density at radius 2 is 1.86 bits per heavy atom. The Labute approximate surface area is 132 Å². The molecular formula is C16H15NO2S2. The van der Waals surface area contributed by atoms with Crippen LogP contribution < -0.4 is 4.90 Å². The molecule has 0 bridgehead atoms. The second-order valence-electron chi connectivity index (χ2n) is 4.86. The van der Waals surface area contributed by atoms with Crippen LogP contribution in [0.1, 0.15) is 23.7 Å². The molecule has 0 radical (unpaired) electrons. The Kier molecular flexibility index (Phi) is 4.22. The number of fused-ring (bicyclic) bond motifs is 1. The van der Waals surface area contributed by atoms with Crippen LogP contribution >= 0.6 is 23.5 Å². The molecule has 2 heterocycles. The molecule has 1 aromatic carbocycles. The molecule has 0 unspecified atom stereocenters. The van der Waals surface area contributed by atoms with Crippen molar-refractivity contribution in [3.05, 3.63) is 50.5 Å². The lowest BCUT2D eigenvalue weighted by Crippen LogP contribution is -2.30. The number of benzene rings is 1. The van der Waals surface area contributed by atoms with E-state index in [1.54, 1.807) is 0 Å². The summed E-state index contributed by atoms with van der Waals surface area (Å²) in [7, 11) is 0. The molecule has 0 aliphatic carbocycles. The number of hydrogen-bond acceptors (Lipinski definition) is 5. The standard InChI is InChI=1S/C16H15NO2S2/c1-2-7-17-10-13(18)14(16-20-8-9-21-16)15(19)11-5-3-4-6-12(11)17/h3-6,8-9H,2,7,10H2,1H3. The summed E-state index contributed by atoms with van der Waals surface area (Å²) in [5, 5.41) is 3.82.